The number of amides is 1. The van der Waals surface area contributed by atoms with Crippen LogP contribution in [0.25, 0.3) is 17.1 Å². The van der Waals surface area contributed by atoms with Crippen LogP contribution in [0.2, 0.25) is 5.02 Å². The number of nitrogens with one attached hydrogen (secondary N) is 1. The summed E-state index contributed by atoms with van der Waals surface area (Å²) < 4.78 is 1.74. The van der Waals surface area contributed by atoms with Crippen molar-refractivity contribution in [2.45, 2.75) is 6.92 Å². The first-order valence-corrected chi connectivity index (χ1v) is 9.29. The highest BCUT2D eigenvalue weighted by Crippen LogP contribution is 2.31. The second kappa shape index (κ2) is 7.30. The molecule has 0 saturated heterocycles. The van der Waals surface area contributed by atoms with Crippen molar-refractivity contribution < 1.29 is 4.79 Å². The summed E-state index contributed by atoms with van der Waals surface area (Å²) in [5, 5.41) is 4.08. The van der Waals surface area contributed by atoms with E-state index in [-0.39, 0.29) is 5.91 Å². The fraction of sp³-hybridized carbons (Fsp3) is 0.0526. The molecule has 0 unspecified atom stereocenters. The number of rotatable bonds is 4. The van der Waals surface area contributed by atoms with E-state index in [1.165, 1.54) is 11.3 Å². The normalized spacial score (nSPS) is 10.7. The molecule has 0 aliphatic carbocycles. The Morgan fingerprint density at radius 1 is 1.19 bits per heavy atom. The molecule has 1 aromatic carbocycles. The Morgan fingerprint density at radius 2 is 2.00 bits per heavy atom. The molecule has 1 amide bonds. The highest BCUT2D eigenvalue weighted by Gasteiger charge is 2.14. The summed E-state index contributed by atoms with van der Waals surface area (Å²) in [5.74, 6) is 0.382. The van der Waals surface area contributed by atoms with Gasteiger partial charge < -0.3 is 0 Å². The molecule has 0 bridgehead atoms. The molecule has 3 heterocycles. The number of anilines is 1. The minimum atomic E-state index is -0.241. The maximum Gasteiger partial charge on any atom is 0.257 e. The number of benzene rings is 1. The predicted molar refractivity (Wildman–Crippen MR) is 107 cm³/mol. The van der Waals surface area contributed by atoms with Gasteiger partial charge in [-0.3, -0.25) is 14.7 Å². The first-order valence-electron chi connectivity index (χ1n) is 8.09. The molecule has 0 atom stereocenters. The lowest BCUT2D eigenvalue weighted by atomic mass is 10.1. The Labute approximate surface area is 164 Å². The van der Waals surface area contributed by atoms with Gasteiger partial charge in [0.05, 0.1) is 5.69 Å². The van der Waals surface area contributed by atoms with Crippen molar-refractivity contribution in [3.63, 3.8) is 0 Å². The number of imidazole rings is 1. The van der Waals surface area contributed by atoms with E-state index in [9.17, 15) is 4.79 Å². The molecule has 4 rings (SSSR count). The van der Waals surface area contributed by atoms with Gasteiger partial charge in [-0.25, -0.2) is 15.0 Å². The third-order valence-electron chi connectivity index (χ3n) is 3.91. The first kappa shape index (κ1) is 17.4. The zero-order valence-corrected chi connectivity index (χ0v) is 15.8. The molecule has 134 valence electrons. The van der Waals surface area contributed by atoms with Crippen LogP contribution in [0.3, 0.4) is 0 Å². The maximum atomic E-state index is 12.6. The number of carbonyl (C=O) groups excluding carboxylic acids is 1. The van der Waals surface area contributed by atoms with Crippen LogP contribution in [0, 0.1) is 6.92 Å². The van der Waals surface area contributed by atoms with Crippen LogP contribution in [0.1, 0.15) is 15.2 Å². The summed E-state index contributed by atoms with van der Waals surface area (Å²) in [6, 6.07) is 10.8. The van der Waals surface area contributed by atoms with Gasteiger partial charge in [-0.15, -0.1) is 11.3 Å². The molecule has 0 aliphatic heterocycles. The van der Waals surface area contributed by atoms with Crippen molar-refractivity contribution in [2.75, 3.05) is 5.32 Å². The van der Waals surface area contributed by atoms with Crippen LogP contribution >= 0.6 is 22.9 Å². The molecule has 0 fully saturated rings. The van der Waals surface area contributed by atoms with Crippen LogP contribution < -0.4 is 5.32 Å². The number of aryl methyl sites for hydroxylation is 1. The van der Waals surface area contributed by atoms with Gasteiger partial charge >= 0.3 is 0 Å². The quantitative estimate of drug-likeness (QED) is 0.547. The molecular weight excluding hydrogens is 382 g/mol. The van der Waals surface area contributed by atoms with E-state index in [0.717, 1.165) is 16.1 Å². The lowest BCUT2D eigenvalue weighted by Gasteiger charge is -2.05. The summed E-state index contributed by atoms with van der Waals surface area (Å²) in [4.78, 5) is 26.4. The minimum Gasteiger partial charge on any atom is -0.298 e. The first-order chi connectivity index (χ1) is 13.1. The van der Waals surface area contributed by atoms with Gasteiger partial charge in [0.25, 0.3) is 5.91 Å². The molecule has 0 radical (unpaired) electrons. The second-order valence-corrected chi connectivity index (χ2v) is 7.40. The summed E-state index contributed by atoms with van der Waals surface area (Å²) in [6.45, 7) is 1.97. The number of hydrogen-bond acceptors (Lipinski definition) is 5. The van der Waals surface area contributed by atoms with Crippen molar-refractivity contribution in [2.24, 2.45) is 0 Å². The maximum absolute atomic E-state index is 12.6. The van der Waals surface area contributed by atoms with Crippen LogP contribution in [-0.2, 0) is 0 Å². The number of pyridine rings is 1. The molecule has 0 aliphatic rings. The molecule has 6 nitrogen and oxygen atoms in total. The fourth-order valence-electron chi connectivity index (χ4n) is 2.59. The standard InChI is InChI=1S/C19H14ClN5OS/c1-12-17(13-2-4-15(20)5-3-13)23-19(27-12)24-18(26)14-6-7-22-16(10-14)25-9-8-21-11-25/h2-11H,1H3,(H,23,24,26). The smallest absolute Gasteiger partial charge is 0.257 e. The van der Waals surface area contributed by atoms with Crippen molar-refractivity contribution >= 4 is 34.0 Å². The molecule has 0 spiro atoms. The van der Waals surface area contributed by atoms with E-state index in [1.807, 2.05) is 31.2 Å². The molecule has 8 heteroatoms. The predicted octanol–water partition coefficient (Wildman–Crippen LogP) is 4.60. The van der Waals surface area contributed by atoms with E-state index in [4.69, 9.17) is 11.6 Å². The van der Waals surface area contributed by atoms with Gasteiger partial charge in [-0.05, 0) is 31.2 Å². The number of hydrogen-bond donors (Lipinski definition) is 1. The van der Waals surface area contributed by atoms with Gasteiger partial charge in [0, 0.05) is 39.6 Å². The van der Waals surface area contributed by atoms with Crippen LogP contribution in [0.15, 0.2) is 61.3 Å². The lowest BCUT2D eigenvalue weighted by molar-refractivity contribution is 0.102. The molecule has 0 saturated carbocycles. The Balaban J connectivity index is 1.56. The highest BCUT2D eigenvalue weighted by molar-refractivity contribution is 7.16. The van der Waals surface area contributed by atoms with Gasteiger partial charge in [-0.2, -0.15) is 0 Å². The number of nitrogens with zero attached hydrogens (tertiary/aromatic N) is 4. The second-order valence-electron chi connectivity index (χ2n) is 5.76. The van der Waals surface area contributed by atoms with Gasteiger partial charge in [0.1, 0.15) is 12.1 Å². The van der Waals surface area contributed by atoms with E-state index < -0.39 is 0 Å². The Morgan fingerprint density at radius 3 is 2.74 bits per heavy atom. The zero-order valence-electron chi connectivity index (χ0n) is 14.3. The van der Waals surface area contributed by atoms with Gasteiger partial charge in [0.2, 0.25) is 0 Å². The van der Waals surface area contributed by atoms with Gasteiger partial charge in [0.15, 0.2) is 5.13 Å². The Kier molecular flexibility index (Phi) is 4.70. The SMILES string of the molecule is Cc1sc(NC(=O)c2ccnc(-n3ccnc3)c2)nc1-c1ccc(Cl)cc1. The average molecular weight is 396 g/mol. The topological polar surface area (TPSA) is 72.7 Å². The van der Waals surface area contributed by atoms with Crippen molar-refractivity contribution in [3.8, 4) is 17.1 Å². The number of thiazole rings is 1. The van der Waals surface area contributed by atoms with Crippen LogP contribution in [-0.4, -0.2) is 25.4 Å². The summed E-state index contributed by atoms with van der Waals surface area (Å²) in [7, 11) is 0. The average Bonchev–Trinajstić information content (AvgIpc) is 3.33. The highest BCUT2D eigenvalue weighted by atomic mass is 35.5. The third-order valence-corrected chi connectivity index (χ3v) is 5.05. The van der Waals surface area contributed by atoms with Gasteiger partial charge in [-0.1, -0.05) is 23.7 Å². The van der Waals surface area contributed by atoms with Crippen molar-refractivity contribution in [1.82, 2.24) is 19.5 Å². The summed E-state index contributed by atoms with van der Waals surface area (Å²) in [5.41, 5.74) is 2.29. The minimum absolute atomic E-state index is 0.241. The largest absolute Gasteiger partial charge is 0.298 e. The van der Waals surface area contributed by atoms with Crippen molar-refractivity contribution in [1.29, 1.82) is 0 Å². The van der Waals surface area contributed by atoms with E-state index >= 15 is 0 Å². The summed E-state index contributed by atoms with van der Waals surface area (Å²) in [6.07, 6.45) is 6.65. The van der Waals surface area contributed by atoms with E-state index in [1.54, 1.807) is 41.6 Å². The van der Waals surface area contributed by atoms with Crippen molar-refractivity contribution in [3.05, 3.63) is 76.8 Å². The fourth-order valence-corrected chi connectivity index (χ4v) is 3.55. The Bertz CT molecular complexity index is 1090. The monoisotopic (exact) mass is 395 g/mol. The number of aromatic nitrogens is 4. The van der Waals surface area contributed by atoms with E-state index in [2.05, 4.69) is 20.3 Å². The molecule has 27 heavy (non-hydrogen) atoms. The molecular formula is C19H14ClN5OS. The van der Waals surface area contributed by atoms with Crippen LogP contribution in [0.4, 0.5) is 5.13 Å². The Hall–Kier alpha value is -3.03. The van der Waals surface area contributed by atoms with E-state index in [0.29, 0.717) is 21.5 Å². The molecule has 3 aromatic heterocycles. The number of halogens is 1. The number of carbonyl (C=O) groups is 1. The molecule has 1 N–H and O–H groups in total. The zero-order chi connectivity index (χ0) is 18.8. The third kappa shape index (κ3) is 3.74. The lowest BCUT2D eigenvalue weighted by Crippen LogP contribution is -2.12. The van der Waals surface area contributed by atoms with Crippen LogP contribution in [0.5, 0.6) is 0 Å². The summed E-state index contributed by atoms with van der Waals surface area (Å²) >= 11 is 7.38. The molecule has 4 aromatic rings.